The largest absolute Gasteiger partial charge is 0.497 e. The van der Waals surface area contributed by atoms with Crippen LogP contribution in [0.3, 0.4) is 0 Å². The molecular weight excluding hydrogens is 396 g/mol. The number of nitrogens with one attached hydrogen (secondary N) is 1. The van der Waals surface area contributed by atoms with Gasteiger partial charge in [0.2, 0.25) is 5.91 Å². The van der Waals surface area contributed by atoms with Gasteiger partial charge in [-0.3, -0.25) is 4.79 Å². The molecule has 146 valence electrons. The lowest BCUT2D eigenvalue weighted by Gasteiger charge is -2.08. The van der Waals surface area contributed by atoms with Crippen LogP contribution >= 0.6 is 23.4 Å². The van der Waals surface area contributed by atoms with Gasteiger partial charge in [0, 0.05) is 23.7 Å². The number of benzene rings is 2. The number of methoxy groups -OCH3 is 1. The number of halogens is 1. The van der Waals surface area contributed by atoms with Crippen molar-refractivity contribution in [3.05, 3.63) is 64.9 Å². The Labute approximate surface area is 173 Å². The fraction of sp³-hybridized carbons (Fsp3) is 0.250. The molecule has 1 heterocycles. The van der Waals surface area contributed by atoms with Crippen LogP contribution < -0.4 is 10.1 Å². The lowest BCUT2D eigenvalue weighted by atomic mass is 10.1. The van der Waals surface area contributed by atoms with Crippen LogP contribution in [-0.2, 0) is 17.8 Å². The molecule has 0 unspecified atom stereocenters. The summed E-state index contributed by atoms with van der Waals surface area (Å²) in [5.74, 6) is 1.77. The van der Waals surface area contributed by atoms with Crippen molar-refractivity contribution in [2.75, 3.05) is 18.2 Å². The molecule has 0 aliphatic carbocycles. The first-order chi connectivity index (χ1) is 13.6. The van der Waals surface area contributed by atoms with Crippen molar-refractivity contribution in [3.8, 4) is 5.75 Å². The normalized spacial score (nSPS) is 10.7. The zero-order valence-electron chi connectivity index (χ0n) is 15.7. The van der Waals surface area contributed by atoms with E-state index in [0.717, 1.165) is 34.5 Å². The maximum absolute atomic E-state index is 12.2. The number of nitrogens with zero attached hydrogens (tertiary/aromatic N) is 3. The Bertz CT molecular complexity index is 926. The zero-order chi connectivity index (χ0) is 19.9. The smallest absolute Gasteiger partial charge is 0.234 e. The summed E-state index contributed by atoms with van der Waals surface area (Å²) < 4.78 is 7.14. The van der Waals surface area contributed by atoms with Crippen molar-refractivity contribution in [2.45, 2.75) is 25.0 Å². The monoisotopic (exact) mass is 416 g/mol. The van der Waals surface area contributed by atoms with Gasteiger partial charge in [-0.2, -0.15) is 0 Å². The van der Waals surface area contributed by atoms with Crippen LogP contribution in [0.5, 0.6) is 5.75 Å². The highest BCUT2D eigenvalue weighted by Crippen LogP contribution is 2.20. The molecule has 0 fully saturated rings. The number of hydrogen-bond acceptors (Lipinski definition) is 5. The highest BCUT2D eigenvalue weighted by molar-refractivity contribution is 7.99. The molecule has 0 saturated heterocycles. The van der Waals surface area contributed by atoms with Gasteiger partial charge in [-0.05, 0) is 48.9 Å². The Balaban J connectivity index is 1.59. The first kappa shape index (κ1) is 20.2. The number of carbonyl (C=O) groups is 1. The van der Waals surface area contributed by atoms with Gasteiger partial charge in [0.1, 0.15) is 11.6 Å². The van der Waals surface area contributed by atoms with E-state index in [4.69, 9.17) is 16.3 Å². The second kappa shape index (κ2) is 9.61. The third kappa shape index (κ3) is 5.27. The molecule has 0 radical (unpaired) electrons. The number of hydrogen-bond donors (Lipinski definition) is 1. The van der Waals surface area contributed by atoms with E-state index in [1.54, 1.807) is 31.4 Å². The van der Waals surface area contributed by atoms with Crippen molar-refractivity contribution in [2.24, 2.45) is 0 Å². The summed E-state index contributed by atoms with van der Waals surface area (Å²) in [6.07, 6.45) is 0.663. The second-order valence-electron chi connectivity index (χ2n) is 6.01. The Kier molecular flexibility index (Phi) is 6.95. The van der Waals surface area contributed by atoms with E-state index in [1.165, 1.54) is 11.8 Å². The molecule has 0 aliphatic heterocycles. The van der Waals surface area contributed by atoms with Gasteiger partial charge in [-0.1, -0.05) is 35.5 Å². The maximum Gasteiger partial charge on any atom is 0.234 e. The maximum atomic E-state index is 12.2. The summed E-state index contributed by atoms with van der Waals surface area (Å²) in [6, 6.07) is 14.9. The Morgan fingerprint density at radius 1 is 1.14 bits per heavy atom. The van der Waals surface area contributed by atoms with Crippen molar-refractivity contribution >= 4 is 35.0 Å². The van der Waals surface area contributed by atoms with Crippen LogP contribution in [0.25, 0.3) is 0 Å². The van der Waals surface area contributed by atoms with Gasteiger partial charge in [0.05, 0.1) is 12.9 Å². The first-order valence-electron chi connectivity index (χ1n) is 8.82. The minimum atomic E-state index is -0.0972. The lowest BCUT2D eigenvalue weighted by Crippen LogP contribution is -2.14. The molecule has 3 aromatic rings. The van der Waals surface area contributed by atoms with E-state index < -0.39 is 0 Å². The second-order valence-corrected chi connectivity index (χ2v) is 7.39. The van der Waals surface area contributed by atoms with Crippen LogP contribution in [0.15, 0.2) is 53.7 Å². The van der Waals surface area contributed by atoms with Crippen molar-refractivity contribution in [1.29, 1.82) is 0 Å². The Morgan fingerprint density at radius 3 is 2.50 bits per heavy atom. The molecule has 0 saturated carbocycles. The lowest BCUT2D eigenvalue weighted by molar-refractivity contribution is -0.113. The molecule has 0 bridgehead atoms. The summed E-state index contributed by atoms with van der Waals surface area (Å²) in [4.78, 5) is 12.2. The molecule has 0 atom stereocenters. The summed E-state index contributed by atoms with van der Waals surface area (Å²) in [6.45, 7) is 2.77. The van der Waals surface area contributed by atoms with Gasteiger partial charge in [-0.25, -0.2) is 0 Å². The van der Waals surface area contributed by atoms with Gasteiger partial charge in [-0.15, -0.1) is 10.2 Å². The van der Waals surface area contributed by atoms with E-state index >= 15 is 0 Å². The molecule has 0 spiro atoms. The Morgan fingerprint density at radius 2 is 1.86 bits per heavy atom. The summed E-state index contributed by atoms with van der Waals surface area (Å²) in [7, 11) is 1.61. The van der Waals surface area contributed by atoms with E-state index in [1.807, 2.05) is 35.8 Å². The number of rotatable bonds is 8. The molecule has 1 N–H and O–H groups in total. The summed E-state index contributed by atoms with van der Waals surface area (Å²) in [5, 5.41) is 12.9. The van der Waals surface area contributed by atoms with Crippen LogP contribution in [0.1, 0.15) is 18.3 Å². The van der Waals surface area contributed by atoms with Gasteiger partial charge in [0.25, 0.3) is 0 Å². The zero-order valence-corrected chi connectivity index (χ0v) is 17.3. The van der Waals surface area contributed by atoms with E-state index in [0.29, 0.717) is 11.4 Å². The number of carbonyl (C=O) groups excluding carboxylic acids is 1. The number of aromatic nitrogens is 3. The molecular formula is C20H21ClN4O2S. The standard InChI is InChI=1S/C20H21ClN4O2S/c1-3-25-18(12-14-4-6-15(21)7-5-14)23-24-20(25)28-13-19(26)22-16-8-10-17(27-2)11-9-16/h4-11H,3,12-13H2,1-2H3,(H,22,26). The SMILES string of the molecule is CCn1c(Cc2ccc(Cl)cc2)nnc1SCC(=O)Nc1ccc(OC)cc1. The van der Waals surface area contributed by atoms with Crippen LogP contribution in [0.4, 0.5) is 5.69 Å². The first-order valence-corrected chi connectivity index (χ1v) is 10.2. The minimum Gasteiger partial charge on any atom is -0.497 e. The quantitative estimate of drug-likeness (QED) is 0.555. The fourth-order valence-corrected chi connectivity index (χ4v) is 3.61. The van der Waals surface area contributed by atoms with Gasteiger partial charge >= 0.3 is 0 Å². The van der Waals surface area contributed by atoms with E-state index in [-0.39, 0.29) is 11.7 Å². The molecule has 28 heavy (non-hydrogen) atoms. The molecule has 2 aromatic carbocycles. The molecule has 1 amide bonds. The third-order valence-corrected chi connectivity index (χ3v) is 5.31. The highest BCUT2D eigenvalue weighted by atomic mass is 35.5. The van der Waals surface area contributed by atoms with Crippen molar-refractivity contribution < 1.29 is 9.53 Å². The predicted octanol–water partition coefficient (Wildman–Crippen LogP) is 4.28. The van der Waals surface area contributed by atoms with E-state index in [2.05, 4.69) is 15.5 Å². The van der Waals surface area contributed by atoms with Crippen LogP contribution in [0, 0.1) is 0 Å². The predicted molar refractivity (Wildman–Crippen MR) is 112 cm³/mol. The summed E-state index contributed by atoms with van der Waals surface area (Å²) >= 11 is 7.31. The molecule has 3 rings (SSSR count). The molecule has 0 aliphatic rings. The number of anilines is 1. The topological polar surface area (TPSA) is 69.0 Å². The average molecular weight is 417 g/mol. The van der Waals surface area contributed by atoms with Crippen molar-refractivity contribution in [3.63, 3.8) is 0 Å². The molecule has 6 nitrogen and oxygen atoms in total. The molecule has 8 heteroatoms. The van der Waals surface area contributed by atoms with Gasteiger partial charge in [0.15, 0.2) is 5.16 Å². The van der Waals surface area contributed by atoms with Crippen LogP contribution in [0.2, 0.25) is 5.02 Å². The minimum absolute atomic E-state index is 0.0972. The van der Waals surface area contributed by atoms with Gasteiger partial charge < -0.3 is 14.6 Å². The fourth-order valence-electron chi connectivity index (χ4n) is 2.66. The Hall–Kier alpha value is -2.51. The summed E-state index contributed by atoms with van der Waals surface area (Å²) in [5.41, 5.74) is 1.84. The van der Waals surface area contributed by atoms with E-state index in [9.17, 15) is 4.79 Å². The number of thioether (sulfide) groups is 1. The average Bonchev–Trinajstić information content (AvgIpc) is 3.10. The van der Waals surface area contributed by atoms with Crippen molar-refractivity contribution in [1.82, 2.24) is 14.8 Å². The van der Waals surface area contributed by atoms with Crippen LogP contribution in [-0.4, -0.2) is 33.5 Å². The molecule has 1 aromatic heterocycles. The highest BCUT2D eigenvalue weighted by Gasteiger charge is 2.14. The third-order valence-electron chi connectivity index (χ3n) is 4.09. The number of ether oxygens (including phenoxy) is 1. The number of amides is 1.